The fraction of sp³-hybridized carbons (Fsp3) is 0.278. The number of ether oxygens (including phenoxy) is 1. The Hall–Kier alpha value is -2.50. The van der Waals surface area contributed by atoms with E-state index in [1.807, 2.05) is 6.92 Å². The molecule has 0 fully saturated rings. The summed E-state index contributed by atoms with van der Waals surface area (Å²) >= 11 is 0. The van der Waals surface area contributed by atoms with Crippen molar-refractivity contribution < 1.29 is 27.8 Å². The monoisotopic (exact) mass is 338 g/mol. The van der Waals surface area contributed by atoms with Crippen molar-refractivity contribution in [2.75, 3.05) is 0 Å². The van der Waals surface area contributed by atoms with Crippen LogP contribution in [0.3, 0.4) is 0 Å². The molecule has 0 heterocycles. The number of halogens is 3. The predicted octanol–water partition coefficient (Wildman–Crippen LogP) is 4.85. The topological polar surface area (TPSA) is 46.5 Å². The van der Waals surface area contributed by atoms with Crippen molar-refractivity contribution in [1.82, 2.24) is 0 Å². The van der Waals surface area contributed by atoms with E-state index in [0.717, 1.165) is 11.6 Å². The highest BCUT2D eigenvalue weighted by atomic mass is 19.4. The van der Waals surface area contributed by atoms with Crippen molar-refractivity contribution in [1.29, 1.82) is 0 Å². The lowest BCUT2D eigenvalue weighted by Crippen LogP contribution is -2.12. The third-order valence-electron chi connectivity index (χ3n) is 3.70. The van der Waals surface area contributed by atoms with Crippen LogP contribution in [0.25, 0.3) is 0 Å². The number of carboxylic acids is 1. The Morgan fingerprint density at radius 3 is 2.50 bits per heavy atom. The second-order valence-electron chi connectivity index (χ2n) is 5.39. The smallest absolute Gasteiger partial charge is 0.419 e. The molecule has 0 aromatic heterocycles. The summed E-state index contributed by atoms with van der Waals surface area (Å²) in [5.74, 6) is -1.45. The molecule has 0 atom stereocenters. The lowest BCUT2D eigenvalue weighted by atomic mass is 10.00. The first-order valence-corrected chi connectivity index (χ1v) is 7.38. The summed E-state index contributed by atoms with van der Waals surface area (Å²) in [6, 6.07) is 8.56. The molecule has 3 nitrogen and oxygen atoms in total. The minimum atomic E-state index is -4.54. The normalized spacial score (nSPS) is 11.4. The Balaban J connectivity index is 2.38. The summed E-state index contributed by atoms with van der Waals surface area (Å²) in [6.07, 6.45) is -3.99. The van der Waals surface area contributed by atoms with Crippen LogP contribution < -0.4 is 4.74 Å². The van der Waals surface area contributed by atoms with Gasteiger partial charge in [0.2, 0.25) is 0 Å². The third-order valence-corrected chi connectivity index (χ3v) is 3.70. The van der Waals surface area contributed by atoms with Gasteiger partial charge in [0, 0.05) is 5.56 Å². The van der Waals surface area contributed by atoms with E-state index in [2.05, 4.69) is 0 Å². The Bertz CT molecular complexity index is 752. The van der Waals surface area contributed by atoms with Gasteiger partial charge in [0.05, 0.1) is 11.1 Å². The molecule has 0 aliphatic heterocycles. The van der Waals surface area contributed by atoms with Gasteiger partial charge in [-0.1, -0.05) is 30.7 Å². The van der Waals surface area contributed by atoms with Crippen molar-refractivity contribution in [3.8, 4) is 5.75 Å². The van der Waals surface area contributed by atoms with Crippen molar-refractivity contribution in [2.24, 2.45) is 0 Å². The second-order valence-corrected chi connectivity index (χ2v) is 5.39. The number of rotatable bonds is 5. The maximum Gasteiger partial charge on any atom is 0.419 e. The summed E-state index contributed by atoms with van der Waals surface area (Å²) in [5, 5.41) is 9.27. The Kier molecular flexibility index (Phi) is 5.17. The van der Waals surface area contributed by atoms with E-state index >= 15 is 0 Å². The molecule has 0 unspecified atom stereocenters. The molecule has 24 heavy (non-hydrogen) atoms. The Morgan fingerprint density at radius 1 is 1.21 bits per heavy atom. The molecule has 128 valence electrons. The molecule has 0 spiro atoms. The zero-order valence-electron chi connectivity index (χ0n) is 13.3. The highest BCUT2D eigenvalue weighted by Crippen LogP contribution is 2.37. The molecule has 0 saturated heterocycles. The summed E-state index contributed by atoms with van der Waals surface area (Å²) in [4.78, 5) is 11.3. The lowest BCUT2D eigenvalue weighted by molar-refractivity contribution is -0.139. The van der Waals surface area contributed by atoms with Gasteiger partial charge in [0.15, 0.2) is 0 Å². The molecule has 0 saturated carbocycles. The average molecular weight is 338 g/mol. The Morgan fingerprint density at radius 2 is 1.92 bits per heavy atom. The SMILES string of the molecule is CCc1cccc(C(=O)O)c1COc1ccc(C)cc1C(F)(F)F. The lowest BCUT2D eigenvalue weighted by Gasteiger charge is -2.17. The van der Waals surface area contributed by atoms with Crippen molar-refractivity contribution in [3.63, 3.8) is 0 Å². The Labute approximate surface area is 137 Å². The van der Waals surface area contributed by atoms with Crippen LogP contribution in [-0.4, -0.2) is 11.1 Å². The van der Waals surface area contributed by atoms with Gasteiger partial charge in [0.25, 0.3) is 0 Å². The van der Waals surface area contributed by atoms with E-state index in [1.165, 1.54) is 18.2 Å². The molecule has 0 aliphatic carbocycles. The highest BCUT2D eigenvalue weighted by Gasteiger charge is 2.34. The second kappa shape index (κ2) is 6.95. The van der Waals surface area contributed by atoms with E-state index < -0.39 is 17.7 Å². The standard InChI is InChI=1S/C18H17F3O3/c1-3-12-5-4-6-13(17(22)23)14(12)10-24-16-8-7-11(2)9-15(16)18(19,20)21/h4-9H,3,10H2,1-2H3,(H,22,23). The zero-order valence-corrected chi connectivity index (χ0v) is 13.3. The van der Waals surface area contributed by atoms with Crippen LogP contribution >= 0.6 is 0 Å². The maximum absolute atomic E-state index is 13.1. The number of benzene rings is 2. The van der Waals surface area contributed by atoms with Crippen LogP contribution in [0.1, 0.15) is 39.5 Å². The molecular formula is C18H17F3O3. The van der Waals surface area contributed by atoms with Gasteiger partial charge in [-0.2, -0.15) is 13.2 Å². The van der Waals surface area contributed by atoms with E-state index in [-0.39, 0.29) is 17.9 Å². The van der Waals surface area contributed by atoms with E-state index in [1.54, 1.807) is 19.1 Å². The summed E-state index contributed by atoms with van der Waals surface area (Å²) in [7, 11) is 0. The number of carboxylic acid groups (broad SMARTS) is 1. The van der Waals surface area contributed by atoms with E-state index in [4.69, 9.17) is 4.74 Å². The van der Waals surface area contributed by atoms with Gasteiger partial charge in [-0.25, -0.2) is 4.79 Å². The molecule has 2 aromatic carbocycles. The fourth-order valence-corrected chi connectivity index (χ4v) is 2.48. The quantitative estimate of drug-likeness (QED) is 0.847. The first-order chi connectivity index (χ1) is 11.2. The predicted molar refractivity (Wildman–Crippen MR) is 83.3 cm³/mol. The molecule has 0 aliphatic rings. The molecule has 0 bridgehead atoms. The molecule has 1 N–H and O–H groups in total. The van der Waals surface area contributed by atoms with Crippen LogP contribution in [0.2, 0.25) is 0 Å². The van der Waals surface area contributed by atoms with Crippen LogP contribution in [0, 0.1) is 6.92 Å². The molecule has 2 aromatic rings. The maximum atomic E-state index is 13.1. The van der Waals surface area contributed by atoms with Gasteiger partial charge in [-0.3, -0.25) is 0 Å². The summed E-state index contributed by atoms with van der Waals surface area (Å²) in [5.41, 5.74) is 0.759. The third kappa shape index (κ3) is 3.88. The fourth-order valence-electron chi connectivity index (χ4n) is 2.48. The van der Waals surface area contributed by atoms with Crippen LogP contribution in [-0.2, 0) is 19.2 Å². The molecule has 0 radical (unpaired) electrons. The van der Waals surface area contributed by atoms with E-state index in [0.29, 0.717) is 17.5 Å². The minimum absolute atomic E-state index is 0.0371. The van der Waals surface area contributed by atoms with Gasteiger partial charge >= 0.3 is 12.1 Å². The summed E-state index contributed by atoms with van der Waals surface area (Å²) in [6.45, 7) is 3.17. The number of aryl methyl sites for hydroxylation is 2. The summed E-state index contributed by atoms with van der Waals surface area (Å²) < 4.78 is 44.8. The first-order valence-electron chi connectivity index (χ1n) is 7.38. The largest absolute Gasteiger partial charge is 0.488 e. The number of hydrogen-bond acceptors (Lipinski definition) is 2. The number of hydrogen-bond donors (Lipinski definition) is 1. The van der Waals surface area contributed by atoms with Crippen LogP contribution in [0.5, 0.6) is 5.75 Å². The number of alkyl halides is 3. The van der Waals surface area contributed by atoms with Crippen molar-refractivity contribution >= 4 is 5.97 Å². The van der Waals surface area contributed by atoms with Gasteiger partial charge in [0.1, 0.15) is 12.4 Å². The van der Waals surface area contributed by atoms with Gasteiger partial charge < -0.3 is 9.84 Å². The van der Waals surface area contributed by atoms with E-state index in [9.17, 15) is 23.1 Å². The van der Waals surface area contributed by atoms with Crippen LogP contribution in [0.15, 0.2) is 36.4 Å². The zero-order chi connectivity index (χ0) is 17.9. The van der Waals surface area contributed by atoms with Crippen molar-refractivity contribution in [3.05, 3.63) is 64.2 Å². The number of carbonyl (C=O) groups is 1. The molecule has 6 heteroatoms. The molecular weight excluding hydrogens is 321 g/mol. The van der Waals surface area contributed by atoms with Crippen molar-refractivity contribution in [2.45, 2.75) is 33.1 Å². The molecule has 2 rings (SSSR count). The highest BCUT2D eigenvalue weighted by molar-refractivity contribution is 5.89. The van der Waals surface area contributed by atoms with Gasteiger partial charge in [-0.05, 0) is 37.1 Å². The number of aromatic carboxylic acids is 1. The van der Waals surface area contributed by atoms with Gasteiger partial charge in [-0.15, -0.1) is 0 Å². The van der Waals surface area contributed by atoms with Crippen LogP contribution in [0.4, 0.5) is 13.2 Å². The first kappa shape index (κ1) is 17.8. The average Bonchev–Trinajstić information content (AvgIpc) is 2.52. The molecule has 0 amide bonds. The minimum Gasteiger partial charge on any atom is -0.488 e.